The first-order valence-corrected chi connectivity index (χ1v) is 16.9. The third-order valence-electron chi connectivity index (χ3n) is 5.52. The second-order valence-electron chi connectivity index (χ2n) is 8.23. The van der Waals surface area contributed by atoms with Gasteiger partial charge in [-0.05, 0) is 0 Å². The summed E-state index contributed by atoms with van der Waals surface area (Å²) in [5, 5.41) is 0. The Bertz CT molecular complexity index is 198. The Balaban J connectivity index is 0. The number of unbranched alkanes of at least 4 members (excludes halogenated alkanes) is 18. The number of hydrogen-bond donors (Lipinski definition) is 0. The third kappa shape index (κ3) is 27.0. The van der Waals surface area contributed by atoms with Gasteiger partial charge < -0.3 is 5.48 Å². The molecule has 2 heteroatoms. The summed E-state index contributed by atoms with van der Waals surface area (Å²) >= 11 is -0.134. The maximum absolute atomic E-state index is 2.31. The molecule has 2 N–H and O–H groups in total. The monoisotopic (exact) mass is 477 g/mol. The Kier molecular flexibility index (Phi) is 31.2. The summed E-state index contributed by atoms with van der Waals surface area (Å²) in [6, 6.07) is 0. The van der Waals surface area contributed by atoms with E-state index in [9.17, 15) is 0 Å². The molecule has 26 heavy (non-hydrogen) atoms. The Morgan fingerprint density at radius 3 is 0.846 bits per heavy atom. The van der Waals surface area contributed by atoms with Gasteiger partial charge in [-0.25, -0.2) is 0 Å². The van der Waals surface area contributed by atoms with E-state index in [0.29, 0.717) is 0 Å². The zero-order valence-corrected chi connectivity index (χ0v) is 21.9. The van der Waals surface area contributed by atoms with Gasteiger partial charge in [-0.15, -0.1) is 0 Å². The molecule has 0 aromatic carbocycles. The average molecular weight is 476 g/mol. The van der Waals surface area contributed by atoms with Crippen molar-refractivity contribution in [3.8, 4) is 0 Å². The fraction of sp³-hybridized carbons (Fsp3) is 1.00. The van der Waals surface area contributed by atoms with Crippen molar-refractivity contribution in [2.75, 3.05) is 0 Å². The molecule has 0 unspecified atom stereocenters. The third-order valence-corrected chi connectivity index (χ3v) is 10.2. The van der Waals surface area contributed by atoms with Crippen LogP contribution in [0.1, 0.15) is 142 Å². The molecule has 0 aromatic rings. The Morgan fingerprint density at radius 2 is 0.577 bits per heavy atom. The van der Waals surface area contributed by atoms with Crippen LogP contribution in [0.3, 0.4) is 0 Å². The van der Waals surface area contributed by atoms with Crippen molar-refractivity contribution >= 4 is 21.1 Å². The van der Waals surface area contributed by atoms with E-state index >= 15 is 0 Å². The van der Waals surface area contributed by atoms with Crippen molar-refractivity contribution < 1.29 is 5.48 Å². The second-order valence-corrected chi connectivity index (χ2v) is 13.2. The quantitative estimate of drug-likeness (QED) is 0.111. The smallest absolute Gasteiger partial charge is 0.412 e. The minimum atomic E-state index is -0.134. The fourth-order valence-electron chi connectivity index (χ4n) is 3.70. The molecule has 0 heterocycles. The maximum atomic E-state index is 2.31. The summed E-state index contributed by atoms with van der Waals surface area (Å²) in [6.07, 6.45) is 29.9. The fourth-order valence-corrected chi connectivity index (χ4v) is 7.82. The van der Waals surface area contributed by atoms with Gasteiger partial charge in [-0.1, -0.05) is 0 Å². The van der Waals surface area contributed by atoms with Gasteiger partial charge in [0.1, 0.15) is 0 Å². The van der Waals surface area contributed by atoms with Crippen molar-refractivity contribution in [3.63, 3.8) is 0 Å². The minimum absolute atomic E-state index is 0. The van der Waals surface area contributed by atoms with E-state index in [0.717, 1.165) is 0 Å². The molecule has 0 amide bonds. The van der Waals surface area contributed by atoms with Crippen LogP contribution >= 0.6 is 0 Å². The zero-order valence-electron chi connectivity index (χ0n) is 18.6. The summed E-state index contributed by atoms with van der Waals surface area (Å²) in [6.45, 7) is 4.61. The number of hydrogen-bond acceptors (Lipinski definition) is 0. The van der Waals surface area contributed by atoms with E-state index in [4.69, 9.17) is 0 Å². The minimum Gasteiger partial charge on any atom is -0.412 e. The van der Waals surface area contributed by atoms with Gasteiger partial charge >= 0.3 is 172 Å². The van der Waals surface area contributed by atoms with Crippen molar-refractivity contribution in [3.05, 3.63) is 0 Å². The van der Waals surface area contributed by atoms with E-state index in [2.05, 4.69) is 13.8 Å². The van der Waals surface area contributed by atoms with Crippen LogP contribution < -0.4 is 0 Å². The number of rotatable bonds is 22. The molecular weight excluding hydrogens is 423 g/mol. The molecule has 1 nitrogen and oxygen atoms in total. The predicted molar refractivity (Wildman–Crippen MR) is 124 cm³/mol. The molecule has 0 saturated heterocycles. The molecule has 0 rings (SSSR count). The summed E-state index contributed by atoms with van der Waals surface area (Å²) in [7, 11) is 0. The average Bonchev–Trinajstić information content (AvgIpc) is 2.63. The first-order valence-electron chi connectivity index (χ1n) is 12.2. The van der Waals surface area contributed by atoms with Crippen molar-refractivity contribution in [2.45, 2.75) is 151 Å². The Morgan fingerprint density at radius 1 is 0.346 bits per heavy atom. The van der Waals surface area contributed by atoms with Gasteiger partial charge in [0, 0.05) is 0 Å². The van der Waals surface area contributed by atoms with Crippen LogP contribution in [-0.2, 0) is 0 Å². The standard InChI is InChI=1S/2C12H25.H2O.Sn.H/c2*1-3-5-7-9-11-12-10-8-6-4-2;;;/h2*1,3-12H2,2H3;1H2;;. The normalized spacial score (nSPS) is 10.8. The van der Waals surface area contributed by atoms with Crippen molar-refractivity contribution in [2.24, 2.45) is 0 Å². The molecule has 159 valence electrons. The molecule has 0 aliphatic heterocycles. The van der Waals surface area contributed by atoms with Crippen LogP contribution in [0.2, 0.25) is 8.87 Å². The van der Waals surface area contributed by atoms with Gasteiger partial charge in [0.25, 0.3) is 0 Å². The van der Waals surface area contributed by atoms with E-state index in [1.165, 1.54) is 103 Å². The Labute approximate surface area is 177 Å². The van der Waals surface area contributed by atoms with Crippen LogP contribution in [0.15, 0.2) is 0 Å². The molecule has 1 radical (unpaired) electrons. The topological polar surface area (TPSA) is 31.5 Å². The first-order chi connectivity index (χ1) is 12.4. The van der Waals surface area contributed by atoms with Gasteiger partial charge in [0.2, 0.25) is 0 Å². The molecule has 0 aliphatic rings. The molecule has 0 saturated carbocycles. The first kappa shape index (κ1) is 29.0. The molecule has 0 spiro atoms. The van der Waals surface area contributed by atoms with E-state index in [1.54, 1.807) is 34.6 Å². The molecule has 0 atom stereocenters. The molecular formula is C24H53OSn. The van der Waals surface area contributed by atoms with Crippen LogP contribution in [0.4, 0.5) is 0 Å². The molecule has 0 fully saturated rings. The Hall–Kier alpha value is 0.759. The van der Waals surface area contributed by atoms with Crippen LogP contribution in [0, 0.1) is 0 Å². The molecule has 0 aliphatic carbocycles. The SMILES string of the molecule is CCCCCCCCCCC[CH2][SnH][CH2]CCCCCCCCCCC.O. The van der Waals surface area contributed by atoms with E-state index in [1.807, 2.05) is 0 Å². The van der Waals surface area contributed by atoms with Crippen LogP contribution in [-0.4, -0.2) is 26.6 Å². The summed E-state index contributed by atoms with van der Waals surface area (Å²) in [5.74, 6) is 0. The van der Waals surface area contributed by atoms with E-state index in [-0.39, 0.29) is 26.6 Å². The van der Waals surface area contributed by atoms with Crippen LogP contribution in [0.5, 0.6) is 0 Å². The van der Waals surface area contributed by atoms with Gasteiger partial charge in [-0.2, -0.15) is 0 Å². The van der Waals surface area contributed by atoms with Gasteiger partial charge in [0.15, 0.2) is 0 Å². The van der Waals surface area contributed by atoms with Crippen LogP contribution in [0.25, 0.3) is 0 Å². The predicted octanol–water partition coefficient (Wildman–Crippen LogP) is 8.28. The van der Waals surface area contributed by atoms with Crippen molar-refractivity contribution in [1.29, 1.82) is 0 Å². The van der Waals surface area contributed by atoms with Crippen molar-refractivity contribution in [1.82, 2.24) is 0 Å². The van der Waals surface area contributed by atoms with Gasteiger partial charge in [0.05, 0.1) is 0 Å². The summed E-state index contributed by atoms with van der Waals surface area (Å²) < 4.78 is 3.37. The molecule has 0 aromatic heterocycles. The zero-order chi connectivity index (χ0) is 18.3. The van der Waals surface area contributed by atoms with E-state index < -0.39 is 0 Å². The van der Waals surface area contributed by atoms with Gasteiger partial charge in [-0.3, -0.25) is 0 Å². The second kappa shape index (κ2) is 28.0. The summed E-state index contributed by atoms with van der Waals surface area (Å²) in [4.78, 5) is 0. The summed E-state index contributed by atoms with van der Waals surface area (Å²) in [5.41, 5.74) is 0. The molecule has 0 bridgehead atoms.